The van der Waals surface area contributed by atoms with Crippen molar-refractivity contribution < 1.29 is 23.1 Å². The van der Waals surface area contributed by atoms with Gasteiger partial charge >= 0.3 is 5.97 Å². The smallest absolute Gasteiger partial charge is 0.323 e. The van der Waals surface area contributed by atoms with Gasteiger partial charge in [-0.05, 0) is 18.6 Å². The Balaban J connectivity index is 2.40. The molecular weight excluding hydrogens is 286 g/mol. The molecule has 9 heteroatoms. The molecule has 1 rings (SSSR count). The minimum atomic E-state index is -3.22. The zero-order valence-electron chi connectivity index (χ0n) is 11.0. The molecule has 0 aliphatic rings. The number of nitrogens with one attached hydrogen (secondary N) is 2. The van der Waals surface area contributed by atoms with Crippen molar-refractivity contribution in [3.63, 3.8) is 0 Å². The summed E-state index contributed by atoms with van der Waals surface area (Å²) in [5, 5.41) is 11.3. The Kier molecular flexibility index (Phi) is 5.71. The average Bonchev–Trinajstić information content (AvgIpc) is 2.74. The van der Waals surface area contributed by atoms with Gasteiger partial charge in [-0.15, -0.1) is 0 Å². The van der Waals surface area contributed by atoms with Crippen molar-refractivity contribution in [3.8, 4) is 0 Å². The number of sulfonamides is 1. The summed E-state index contributed by atoms with van der Waals surface area (Å²) in [5.74, 6) is -1.43. The monoisotopic (exact) mass is 303 g/mol. The Morgan fingerprint density at radius 2 is 2.05 bits per heavy atom. The number of hydrogen-bond donors (Lipinski definition) is 3. The maximum Gasteiger partial charge on any atom is 0.323 e. The number of nitrogens with zero attached hydrogens (tertiary/aromatic N) is 1. The third-order valence-corrected chi connectivity index (χ3v) is 3.10. The molecule has 0 spiro atoms. The molecule has 0 saturated heterocycles. The summed E-state index contributed by atoms with van der Waals surface area (Å²) >= 11 is 0. The Morgan fingerprint density at radius 3 is 2.65 bits per heavy atom. The van der Waals surface area contributed by atoms with E-state index >= 15 is 0 Å². The van der Waals surface area contributed by atoms with Crippen LogP contribution in [0.4, 0.5) is 0 Å². The van der Waals surface area contributed by atoms with Crippen LogP contribution in [-0.2, 0) is 21.4 Å². The molecule has 0 atom stereocenters. The van der Waals surface area contributed by atoms with Gasteiger partial charge in [-0.2, -0.15) is 0 Å². The number of aliphatic carboxylic acids is 1. The van der Waals surface area contributed by atoms with E-state index in [0.717, 1.165) is 6.26 Å². The van der Waals surface area contributed by atoms with E-state index in [1.165, 1.54) is 16.8 Å². The molecule has 0 radical (unpaired) electrons. The second-order valence-corrected chi connectivity index (χ2v) is 6.02. The molecule has 0 unspecified atom stereocenters. The summed E-state index contributed by atoms with van der Waals surface area (Å²) < 4.78 is 25.2. The first kappa shape index (κ1) is 16.2. The number of aromatic nitrogens is 1. The summed E-state index contributed by atoms with van der Waals surface area (Å²) in [6, 6.07) is 3.11. The Bertz CT molecular complexity index is 579. The standard InChI is InChI=1S/C11H17N3O5S/c1-20(18,19)13-6-3-5-12-11(17)9-4-2-7-14(9)8-10(15)16/h2,4,7,13H,3,5-6,8H2,1H3,(H,12,17)(H,15,16). The second kappa shape index (κ2) is 7.06. The Labute approximate surface area is 116 Å². The second-order valence-electron chi connectivity index (χ2n) is 4.19. The highest BCUT2D eigenvalue weighted by Crippen LogP contribution is 2.02. The van der Waals surface area contributed by atoms with E-state index in [-0.39, 0.29) is 18.8 Å². The molecule has 0 aliphatic heterocycles. The van der Waals surface area contributed by atoms with Crippen molar-refractivity contribution in [2.75, 3.05) is 19.3 Å². The van der Waals surface area contributed by atoms with Crippen molar-refractivity contribution in [1.29, 1.82) is 0 Å². The quantitative estimate of drug-likeness (QED) is 0.546. The Hall–Kier alpha value is -1.87. The van der Waals surface area contributed by atoms with Gasteiger partial charge in [0.05, 0.1) is 6.26 Å². The van der Waals surface area contributed by atoms with Crippen LogP contribution in [0.3, 0.4) is 0 Å². The van der Waals surface area contributed by atoms with Crippen LogP contribution in [0.1, 0.15) is 16.9 Å². The van der Waals surface area contributed by atoms with Crippen molar-refractivity contribution in [2.45, 2.75) is 13.0 Å². The fraction of sp³-hybridized carbons (Fsp3) is 0.455. The summed E-state index contributed by atoms with van der Waals surface area (Å²) in [5.41, 5.74) is 0.253. The Morgan fingerprint density at radius 1 is 1.35 bits per heavy atom. The minimum absolute atomic E-state index is 0.231. The van der Waals surface area contributed by atoms with Gasteiger partial charge in [-0.25, -0.2) is 13.1 Å². The van der Waals surface area contributed by atoms with Gasteiger partial charge in [-0.1, -0.05) is 0 Å². The van der Waals surface area contributed by atoms with Crippen molar-refractivity contribution in [3.05, 3.63) is 24.0 Å². The lowest BCUT2D eigenvalue weighted by atomic mass is 10.3. The van der Waals surface area contributed by atoms with E-state index < -0.39 is 21.9 Å². The van der Waals surface area contributed by atoms with Crippen molar-refractivity contribution in [2.24, 2.45) is 0 Å². The fourth-order valence-electron chi connectivity index (χ4n) is 1.54. The van der Waals surface area contributed by atoms with E-state index in [0.29, 0.717) is 13.0 Å². The first-order chi connectivity index (χ1) is 9.29. The lowest BCUT2D eigenvalue weighted by Gasteiger charge is -2.08. The third kappa shape index (κ3) is 5.85. The maximum atomic E-state index is 11.8. The normalized spacial score (nSPS) is 11.2. The van der Waals surface area contributed by atoms with Gasteiger partial charge in [0, 0.05) is 19.3 Å². The molecular formula is C11H17N3O5S. The molecule has 3 N–H and O–H groups in total. The van der Waals surface area contributed by atoms with E-state index in [1.807, 2.05) is 0 Å². The van der Waals surface area contributed by atoms with E-state index in [2.05, 4.69) is 10.0 Å². The number of carboxylic acids is 1. The predicted octanol–water partition coefficient (Wildman–Crippen LogP) is -0.758. The maximum absolute atomic E-state index is 11.8. The minimum Gasteiger partial charge on any atom is -0.480 e. The van der Waals surface area contributed by atoms with Crippen LogP contribution in [0.5, 0.6) is 0 Å². The molecule has 1 aromatic rings. The summed E-state index contributed by atoms with van der Waals surface area (Å²) in [4.78, 5) is 22.4. The van der Waals surface area contributed by atoms with Gasteiger partial charge in [0.2, 0.25) is 10.0 Å². The molecule has 0 aromatic carbocycles. The first-order valence-corrected chi connectivity index (χ1v) is 7.78. The van der Waals surface area contributed by atoms with E-state index in [9.17, 15) is 18.0 Å². The van der Waals surface area contributed by atoms with Crippen LogP contribution in [0.25, 0.3) is 0 Å². The first-order valence-electron chi connectivity index (χ1n) is 5.89. The molecule has 1 heterocycles. The molecule has 1 amide bonds. The van der Waals surface area contributed by atoms with E-state index in [1.54, 1.807) is 6.07 Å². The molecule has 8 nitrogen and oxygen atoms in total. The van der Waals surface area contributed by atoms with Crippen LogP contribution >= 0.6 is 0 Å². The van der Waals surface area contributed by atoms with Gasteiger partial charge in [0.1, 0.15) is 12.2 Å². The molecule has 0 saturated carbocycles. The van der Waals surface area contributed by atoms with Gasteiger partial charge in [-0.3, -0.25) is 9.59 Å². The fourth-order valence-corrected chi connectivity index (χ4v) is 2.06. The highest BCUT2D eigenvalue weighted by atomic mass is 32.2. The van der Waals surface area contributed by atoms with Crippen LogP contribution < -0.4 is 10.0 Å². The van der Waals surface area contributed by atoms with Gasteiger partial charge < -0.3 is 15.0 Å². The number of rotatable bonds is 8. The van der Waals surface area contributed by atoms with Crippen LogP contribution in [0, 0.1) is 0 Å². The lowest BCUT2D eigenvalue weighted by molar-refractivity contribution is -0.137. The number of carboxylic acid groups (broad SMARTS) is 1. The number of amides is 1. The van der Waals surface area contributed by atoms with Gasteiger partial charge in [0.25, 0.3) is 5.91 Å². The molecule has 0 bridgehead atoms. The SMILES string of the molecule is CS(=O)(=O)NCCCNC(=O)c1cccn1CC(=O)O. The number of hydrogen-bond acceptors (Lipinski definition) is 4. The number of carbonyl (C=O) groups excluding carboxylic acids is 1. The zero-order valence-corrected chi connectivity index (χ0v) is 11.8. The molecule has 20 heavy (non-hydrogen) atoms. The largest absolute Gasteiger partial charge is 0.480 e. The summed E-state index contributed by atoms with van der Waals surface area (Å²) in [6.07, 6.45) is 3.01. The van der Waals surface area contributed by atoms with Crippen LogP contribution in [-0.4, -0.2) is 49.3 Å². The molecule has 0 aliphatic carbocycles. The lowest BCUT2D eigenvalue weighted by Crippen LogP contribution is -2.30. The van der Waals surface area contributed by atoms with Crippen LogP contribution in [0.2, 0.25) is 0 Å². The topological polar surface area (TPSA) is 118 Å². The molecule has 0 fully saturated rings. The third-order valence-electron chi connectivity index (χ3n) is 2.37. The molecule has 112 valence electrons. The summed E-state index contributed by atoms with van der Waals surface area (Å²) in [6.45, 7) is 0.236. The van der Waals surface area contributed by atoms with Crippen LogP contribution in [0.15, 0.2) is 18.3 Å². The highest BCUT2D eigenvalue weighted by molar-refractivity contribution is 7.88. The average molecular weight is 303 g/mol. The highest BCUT2D eigenvalue weighted by Gasteiger charge is 2.11. The van der Waals surface area contributed by atoms with E-state index in [4.69, 9.17) is 5.11 Å². The van der Waals surface area contributed by atoms with Crippen molar-refractivity contribution in [1.82, 2.24) is 14.6 Å². The summed E-state index contributed by atoms with van der Waals surface area (Å²) in [7, 11) is -3.22. The molecule has 1 aromatic heterocycles. The number of carbonyl (C=O) groups is 2. The van der Waals surface area contributed by atoms with Crippen molar-refractivity contribution >= 4 is 21.9 Å². The zero-order chi connectivity index (χ0) is 15.2. The van der Waals surface area contributed by atoms with Gasteiger partial charge in [0.15, 0.2) is 0 Å². The predicted molar refractivity (Wildman–Crippen MR) is 71.9 cm³/mol.